The zero-order valence-corrected chi connectivity index (χ0v) is 12.2. The Labute approximate surface area is 127 Å². The second-order valence-corrected chi connectivity index (χ2v) is 5.05. The molecule has 104 valence electrons. The molecule has 2 rings (SSSR count). The van der Waals surface area contributed by atoms with Crippen molar-refractivity contribution in [2.45, 2.75) is 0 Å². The van der Waals surface area contributed by atoms with Crippen LogP contribution in [0.4, 0.5) is 21.9 Å². The topological polar surface area (TPSA) is 58.4 Å². The monoisotopic (exact) mass is 309 g/mol. The van der Waals surface area contributed by atoms with Gasteiger partial charge in [-0.3, -0.25) is 4.90 Å². The van der Waals surface area contributed by atoms with Crippen LogP contribution in [-0.2, 0) is 0 Å². The van der Waals surface area contributed by atoms with E-state index in [1.807, 2.05) is 0 Å². The number of benzene rings is 2. The highest BCUT2D eigenvalue weighted by Crippen LogP contribution is 2.26. The largest absolute Gasteiger partial charge is 0.399 e. The molecule has 0 heterocycles. The fraction of sp³-hybridized carbons (Fsp3) is 0.0714. The van der Waals surface area contributed by atoms with Gasteiger partial charge in [-0.25, -0.2) is 4.79 Å². The van der Waals surface area contributed by atoms with Gasteiger partial charge < -0.3 is 11.1 Å². The van der Waals surface area contributed by atoms with Gasteiger partial charge in [0.15, 0.2) is 0 Å². The maximum atomic E-state index is 12.1. The van der Waals surface area contributed by atoms with E-state index in [0.29, 0.717) is 21.4 Å². The van der Waals surface area contributed by atoms with E-state index in [0.717, 1.165) is 5.69 Å². The Morgan fingerprint density at radius 3 is 2.45 bits per heavy atom. The number of nitrogen functional groups attached to an aromatic ring is 1. The van der Waals surface area contributed by atoms with Crippen LogP contribution in [0.5, 0.6) is 0 Å². The van der Waals surface area contributed by atoms with E-state index >= 15 is 0 Å². The summed E-state index contributed by atoms with van der Waals surface area (Å²) in [6.45, 7) is 0. The predicted octanol–water partition coefficient (Wildman–Crippen LogP) is 4.24. The highest BCUT2D eigenvalue weighted by atomic mass is 35.5. The SMILES string of the molecule is CN(C(=O)Nc1cc(Cl)ccc1Cl)c1ccc(N)cc1. The third-order valence-electron chi connectivity index (χ3n) is 2.76. The van der Waals surface area contributed by atoms with E-state index in [1.54, 1.807) is 49.5 Å². The van der Waals surface area contributed by atoms with E-state index < -0.39 is 0 Å². The van der Waals surface area contributed by atoms with E-state index in [9.17, 15) is 4.79 Å². The van der Waals surface area contributed by atoms with Gasteiger partial charge in [-0.05, 0) is 42.5 Å². The van der Waals surface area contributed by atoms with Crippen LogP contribution in [0.15, 0.2) is 42.5 Å². The first kappa shape index (κ1) is 14.5. The molecule has 0 atom stereocenters. The van der Waals surface area contributed by atoms with Crippen molar-refractivity contribution in [3.63, 3.8) is 0 Å². The summed E-state index contributed by atoms with van der Waals surface area (Å²) < 4.78 is 0. The number of amides is 2. The molecule has 0 aliphatic rings. The van der Waals surface area contributed by atoms with Crippen molar-refractivity contribution >= 4 is 46.3 Å². The van der Waals surface area contributed by atoms with Gasteiger partial charge >= 0.3 is 6.03 Å². The molecule has 0 bridgehead atoms. The summed E-state index contributed by atoms with van der Waals surface area (Å²) in [5.74, 6) is 0. The van der Waals surface area contributed by atoms with E-state index in [2.05, 4.69) is 5.32 Å². The molecule has 2 aromatic rings. The summed E-state index contributed by atoms with van der Waals surface area (Å²) in [6, 6.07) is 11.5. The van der Waals surface area contributed by atoms with Crippen LogP contribution >= 0.6 is 23.2 Å². The number of halogens is 2. The zero-order valence-electron chi connectivity index (χ0n) is 10.7. The zero-order chi connectivity index (χ0) is 14.7. The first-order chi connectivity index (χ1) is 9.47. The van der Waals surface area contributed by atoms with Crippen molar-refractivity contribution in [1.29, 1.82) is 0 Å². The number of nitrogens with two attached hydrogens (primary N) is 1. The molecule has 0 saturated heterocycles. The summed E-state index contributed by atoms with van der Waals surface area (Å²) >= 11 is 11.9. The fourth-order valence-corrected chi connectivity index (χ4v) is 1.94. The number of anilines is 3. The second-order valence-electron chi connectivity index (χ2n) is 4.20. The van der Waals surface area contributed by atoms with Crippen molar-refractivity contribution in [3.05, 3.63) is 52.5 Å². The van der Waals surface area contributed by atoms with Crippen LogP contribution in [0.25, 0.3) is 0 Å². The van der Waals surface area contributed by atoms with Gasteiger partial charge in [0.1, 0.15) is 0 Å². The molecule has 0 fully saturated rings. The summed E-state index contributed by atoms with van der Waals surface area (Å²) in [5.41, 5.74) is 7.43. The number of nitrogens with zero attached hydrogens (tertiary/aromatic N) is 1. The lowest BCUT2D eigenvalue weighted by molar-refractivity contribution is 0.258. The van der Waals surface area contributed by atoms with Gasteiger partial charge in [0.25, 0.3) is 0 Å². The number of hydrogen-bond acceptors (Lipinski definition) is 2. The molecule has 0 aliphatic heterocycles. The lowest BCUT2D eigenvalue weighted by Crippen LogP contribution is -2.31. The number of carbonyl (C=O) groups excluding carboxylic acids is 1. The van der Waals surface area contributed by atoms with Gasteiger partial charge in [0, 0.05) is 23.4 Å². The Balaban J connectivity index is 2.15. The third-order valence-corrected chi connectivity index (χ3v) is 3.32. The molecule has 6 heteroatoms. The number of carbonyl (C=O) groups is 1. The minimum absolute atomic E-state index is 0.320. The van der Waals surface area contributed by atoms with Crippen LogP contribution in [-0.4, -0.2) is 13.1 Å². The van der Waals surface area contributed by atoms with Crippen LogP contribution in [0, 0.1) is 0 Å². The lowest BCUT2D eigenvalue weighted by Gasteiger charge is -2.18. The normalized spacial score (nSPS) is 10.2. The first-order valence-corrected chi connectivity index (χ1v) is 6.58. The average Bonchev–Trinajstić information content (AvgIpc) is 2.43. The van der Waals surface area contributed by atoms with Gasteiger partial charge in [-0.1, -0.05) is 23.2 Å². The van der Waals surface area contributed by atoms with Gasteiger partial charge in [0.05, 0.1) is 10.7 Å². The molecule has 0 radical (unpaired) electrons. The maximum Gasteiger partial charge on any atom is 0.326 e. The molecule has 3 N–H and O–H groups in total. The van der Waals surface area contributed by atoms with Gasteiger partial charge in [-0.2, -0.15) is 0 Å². The first-order valence-electron chi connectivity index (χ1n) is 5.82. The van der Waals surface area contributed by atoms with Gasteiger partial charge in [-0.15, -0.1) is 0 Å². The average molecular weight is 310 g/mol. The highest BCUT2D eigenvalue weighted by Gasteiger charge is 2.12. The van der Waals surface area contributed by atoms with Crippen molar-refractivity contribution in [3.8, 4) is 0 Å². The molecule has 4 nitrogen and oxygen atoms in total. The molecule has 0 aliphatic carbocycles. The molecule has 0 saturated carbocycles. The molecule has 0 unspecified atom stereocenters. The fourth-order valence-electron chi connectivity index (χ4n) is 1.61. The number of hydrogen-bond donors (Lipinski definition) is 2. The minimum Gasteiger partial charge on any atom is -0.399 e. The van der Waals surface area contributed by atoms with Crippen LogP contribution in [0.1, 0.15) is 0 Å². The third kappa shape index (κ3) is 3.35. The smallest absolute Gasteiger partial charge is 0.326 e. The second kappa shape index (κ2) is 6.03. The maximum absolute atomic E-state index is 12.1. The lowest BCUT2D eigenvalue weighted by atomic mass is 10.2. The number of nitrogens with one attached hydrogen (secondary N) is 1. The minimum atomic E-state index is -0.320. The van der Waals surface area contributed by atoms with Crippen LogP contribution in [0.2, 0.25) is 10.0 Å². The van der Waals surface area contributed by atoms with E-state index in [-0.39, 0.29) is 6.03 Å². The van der Waals surface area contributed by atoms with Crippen molar-refractivity contribution in [2.75, 3.05) is 23.0 Å². The van der Waals surface area contributed by atoms with E-state index in [4.69, 9.17) is 28.9 Å². The quantitative estimate of drug-likeness (QED) is 0.815. The molecule has 20 heavy (non-hydrogen) atoms. The summed E-state index contributed by atoms with van der Waals surface area (Å²) in [4.78, 5) is 13.6. The van der Waals surface area contributed by atoms with Crippen LogP contribution in [0.3, 0.4) is 0 Å². The predicted molar refractivity (Wildman–Crippen MR) is 84.7 cm³/mol. The Hall–Kier alpha value is -1.91. The standard InChI is InChI=1S/C14H13Cl2N3O/c1-19(11-5-3-10(17)4-6-11)14(20)18-13-8-9(15)2-7-12(13)16/h2-8H,17H2,1H3,(H,18,20). The summed E-state index contributed by atoms with van der Waals surface area (Å²) in [7, 11) is 1.65. The molecular weight excluding hydrogens is 297 g/mol. The molecule has 0 aromatic heterocycles. The van der Waals surface area contributed by atoms with Crippen LogP contribution < -0.4 is 16.0 Å². The Bertz CT molecular complexity index is 629. The molecule has 0 spiro atoms. The highest BCUT2D eigenvalue weighted by molar-refractivity contribution is 6.35. The summed E-state index contributed by atoms with van der Waals surface area (Å²) in [6.07, 6.45) is 0. The van der Waals surface area contributed by atoms with E-state index in [1.165, 1.54) is 4.90 Å². The van der Waals surface area contributed by atoms with Crippen molar-refractivity contribution in [2.24, 2.45) is 0 Å². The Morgan fingerprint density at radius 1 is 1.15 bits per heavy atom. The Morgan fingerprint density at radius 2 is 1.80 bits per heavy atom. The Kier molecular flexibility index (Phi) is 4.37. The number of urea groups is 1. The summed E-state index contributed by atoms with van der Waals surface area (Å²) in [5, 5.41) is 3.63. The molecule has 2 amide bonds. The molecular formula is C14H13Cl2N3O. The van der Waals surface area contributed by atoms with Crippen molar-refractivity contribution in [1.82, 2.24) is 0 Å². The number of rotatable bonds is 2. The molecule has 2 aromatic carbocycles. The van der Waals surface area contributed by atoms with Gasteiger partial charge in [0.2, 0.25) is 0 Å². The van der Waals surface area contributed by atoms with Crippen molar-refractivity contribution < 1.29 is 4.79 Å².